The van der Waals surface area contributed by atoms with E-state index in [9.17, 15) is 0 Å². The second-order valence-electron chi connectivity index (χ2n) is 5.43. The van der Waals surface area contributed by atoms with E-state index in [-0.39, 0.29) is 11.7 Å². The van der Waals surface area contributed by atoms with Gasteiger partial charge in [0.15, 0.2) is 0 Å². The molecule has 0 bridgehead atoms. The number of halogens is 2. The van der Waals surface area contributed by atoms with Crippen molar-refractivity contribution in [2.75, 3.05) is 19.8 Å². The van der Waals surface area contributed by atoms with Gasteiger partial charge in [0.25, 0.3) is 0 Å². The minimum absolute atomic E-state index is 0.112. The van der Waals surface area contributed by atoms with Gasteiger partial charge in [0.1, 0.15) is 11.9 Å². The molecular weight excluding hydrogens is 388 g/mol. The summed E-state index contributed by atoms with van der Waals surface area (Å²) in [5.41, 5.74) is 1.06. The molecule has 1 aromatic carbocycles. The average molecular weight is 406 g/mol. The second-order valence-corrected chi connectivity index (χ2v) is 6.84. The molecular formula is C15H18Br2O3. The topological polar surface area (TPSA) is 27.7 Å². The summed E-state index contributed by atoms with van der Waals surface area (Å²) in [5, 5.41) is 0.791. The van der Waals surface area contributed by atoms with Gasteiger partial charge in [-0.25, -0.2) is 0 Å². The molecule has 0 radical (unpaired) electrons. The lowest BCUT2D eigenvalue weighted by molar-refractivity contribution is -0.112. The maximum atomic E-state index is 6.28. The van der Waals surface area contributed by atoms with Crippen LogP contribution in [0.25, 0.3) is 0 Å². The second kappa shape index (κ2) is 6.34. The molecule has 2 unspecified atom stereocenters. The Balaban J connectivity index is 1.74. The fourth-order valence-electron chi connectivity index (χ4n) is 2.90. The predicted octanol–water partition coefficient (Wildman–Crippen LogP) is 4.06. The van der Waals surface area contributed by atoms with Crippen LogP contribution in [-0.4, -0.2) is 31.5 Å². The lowest BCUT2D eigenvalue weighted by atomic mass is 9.91. The van der Waals surface area contributed by atoms with Crippen molar-refractivity contribution in [3.8, 4) is 5.75 Å². The van der Waals surface area contributed by atoms with Gasteiger partial charge < -0.3 is 14.2 Å². The van der Waals surface area contributed by atoms with Crippen molar-refractivity contribution in [2.24, 2.45) is 0 Å². The van der Waals surface area contributed by atoms with Crippen LogP contribution in [-0.2, 0) is 14.8 Å². The van der Waals surface area contributed by atoms with E-state index in [0.717, 1.165) is 48.0 Å². The minimum Gasteiger partial charge on any atom is -0.489 e. The van der Waals surface area contributed by atoms with E-state index in [2.05, 4.69) is 37.9 Å². The summed E-state index contributed by atoms with van der Waals surface area (Å²) in [4.78, 5) is 0. The van der Waals surface area contributed by atoms with E-state index in [1.165, 1.54) is 5.56 Å². The quantitative estimate of drug-likeness (QED) is 0.709. The lowest BCUT2D eigenvalue weighted by Gasteiger charge is -2.37. The number of alkyl halides is 1. The van der Waals surface area contributed by atoms with Crippen molar-refractivity contribution in [1.82, 2.24) is 0 Å². The summed E-state index contributed by atoms with van der Waals surface area (Å²) in [7, 11) is 0. The first-order valence-corrected chi connectivity index (χ1v) is 8.86. The molecule has 2 atom stereocenters. The zero-order chi connectivity index (χ0) is 14.0. The monoisotopic (exact) mass is 404 g/mol. The summed E-state index contributed by atoms with van der Waals surface area (Å²) < 4.78 is 18.8. The summed E-state index contributed by atoms with van der Waals surface area (Å²) in [6.45, 7) is 2.25. The lowest BCUT2D eigenvalue weighted by Crippen LogP contribution is -2.44. The summed E-state index contributed by atoms with van der Waals surface area (Å²) >= 11 is 7.11. The van der Waals surface area contributed by atoms with Gasteiger partial charge in [-0.1, -0.05) is 28.1 Å². The van der Waals surface area contributed by atoms with Crippen LogP contribution in [0.1, 0.15) is 24.8 Å². The summed E-state index contributed by atoms with van der Waals surface area (Å²) in [6, 6.07) is 6.14. The SMILES string of the molecule is BrCc1cccc(Br)c1OC1CCOC2(CCOC2)C1. The van der Waals surface area contributed by atoms with Gasteiger partial charge in [-0.05, 0) is 22.0 Å². The van der Waals surface area contributed by atoms with Crippen LogP contribution in [0.4, 0.5) is 0 Å². The van der Waals surface area contributed by atoms with E-state index >= 15 is 0 Å². The molecule has 2 saturated heterocycles. The third kappa shape index (κ3) is 3.06. The molecule has 20 heavy (non-hydrogen) atoms. The first-order chi connectivity index (χ1) is 9.72. The molecule has 0 aromatic heterocycles. The molecule has 2 aliphatic heterocycles. The van der Waals surface area contributed by atoms with Gasteiger partial charge in [-0.15, -0.1) is 0 Å². The highest BCUT2D eigenvalue weighted by molar-refractivity contribution is 9.10. The molecule has 2 aliphatic rings. The van der Waals surface area contributed by atoms with Crippen LogP contribution in [0.5, 0.6) is 5.75 Å². The van der Waals surface area contributed by atoms with Crippen LogP contribution in [0.2, 0.25) is 0 Å². The third-order valence-corrected chi connectivity index (χ3v) is 5.22. The molecule has 5 heteroatoms. The molecule has 0 saturated carbocycles. The van der Waals surface area contributed by atoms with Crippen LogP contribution < -0.4 is 4.74 Å². The zero-order valence-corrected chi connectivity index (χ0v) is 14.4. The number of benzene rings is 1. The van der Waals surface area contributed by atoms with Crippen LogP contribution in [0.15, 0.2) is 22.7 Å². The van der Waals surface area contributed by atoms with E-state index in [1.807, 2.05) is 12.1 Å². The number of rotatable bonds is 3. The highest BCUT2D eigenvalue weighted by atomic mass is 79.9. The smallest absolute Gasteiger partial charge is 0.137 e. The highest BCUT2D eigenvalue weighted by Gasteiger charge is 2.42. The fourth-order valence-corrected chi connectivity index (χ4v) is 3.85. The maximum Gasteiger partial charge on any atom is 0.137 e. The number of para-hydroxylation sites is 1. The van der Waals surface area contributed by atoms with Crippen LogP contribution >= 0.6 is 31.9 Å². The number of ether oxygens (including phenoxy) is 3. The van der Waals surface area contributed by atoms with Crippen molar-refractivity contribution in [3.05, 3.63) is 28.2 Å². The van der Waals surface area contributed by atoms with Crippen molar-refractivity contribution in [3.63, 3.8) is 0 Å². The average Bonchev–Trinajstić information content (AvgIpc) is 2.89. The molecule has 110 valence electrons. The van der Waals surface area contributed by atoms with E-state index in [0.29, 0.717) is 6.61 Å². The normalized spacial score (nSPS) is 29.8. The zero-order valence-electron chi connectivity index (χ0n) is 11.2. The standard InChI is InChI=1S/C15H18Br2O3/c16-9-11-2-1-3-13(17)14(11)20-12-4-6-19-15(8-12)5-7-18-10-15/h1-3,12H,4-10H2. The molecule has 2 heterocycles. The Labute approximate surface area is 136 Å². The van der Waals surface area contributed by atoms with Crippen molar-refractivity contribution >= 4 is 31.9 Å². The van der Waals surface area contributed by atoms with Gasteiger partial charge >= 0.3 is 0 Å². The highest BCUT2D eigenvalue weighted by Crippen LogP contribution is 2.37. The van der Waals surface area contributed by atoms with Crippen molar-refractivity contribution in [1.29, 1.82) is 0 Å². The molecule has 3 nitrogen and oxygen atoms in total. The molecule has 3 rings (SSSR count). The Morgan fingerprint density at radius 2 is 2.25 bits per heavy atom. The molecule has 1 spiro atoms. The Morgan fingerprint density at radius 1 is 1.35 bits per heavy atom. The first kappa shape index (κ1) is 14.8. The van der Waals surface area contributed by atoms with E-state index in [4.69, 9.17) is 14.2 Å². The number of hydrogen-bond acceptors (Lipinski definition) is 3. The van der Waals surface area contributed by atoms with Crippen LogP contribution in [0.3, 0.4) is 0 Å². The molecule has 0 aliphatic carbocycles. The fraction of sp³-hybridized carbons (Fsp3) is 0.600. The molecule has 1 aromatic rings. The Bertz CT molecular complexity index is 472. The molecule has 0 N–H and O–H groups in total. The van der Waals surface area contributed by atoms with Gasteiger partial charge in [-0.3, -0.25) is 0 Å². The molecule has 0 amide bonds. The largest absolute Gasteiger partial charge is 0.489 e. The summed E-state index contributed by atoms with van der Waals surface area (Å²) in [6.07, 6.45) is 3.02. The predicted molar refractivity (Wildman–Crippen MR) is 84.5 cm³/mol. The summed E-state index contributed by atoms with van der Waals surface area (Å²) in [5.74, 6) is 0.949. The third-order valence-electron chi connectivity index (χ3n) is 3.99. The van der Waals surface area contributed by atoms with E-state index < -0.39 is 0 Å². The molecule has 2 fully saturated rings. The van der Waals surface area contributed by atoms with E-state index in [1.54, 1.807) is 0 Å². The van der Waals surface area contributed by atoms with Crippen LogP contribution in [0, 0.1) is 0 Å². The van der Waals surface area contributed by atoms with Gasteiger partial charge in [0, 0.05) is 36.8 Å². The minimum atomic E-state index is -0.112. The maximum absolute atomic E-state index is 6.28. The first-order valence-electron chi connectivity index (χ1n) is 6.94. The Kier molecular flexibility index (Phi) is 4.70. The Hall–Kier alpha value is -0.100. The Morgan fingerprint density at radius 3 is 3.00 bits per heavy atom. The van der Waals surface area contributed by atoms with Gasteiger partial charge in [-0.2, -0.15) is 0 Å². The van der Waals surface area contributed by atoms with Crippen molar-refractivity contribution in [2.45, 2.75) is 36.3 Å². The number of hydrogen-bond donors (Lipinski definition) is 0. The van der Waals surface area contributed by atoms with Crippen molar-refractivity contribution < 1.29 is 14.2 Å². The van der Waals surface area contributed by atoms with Gasteiger partial charge in [0.2, 0.25) is 0 Å². The van der Waals surface area contributed by atoms with Gasteiger partial charge in [0.05, 0.1) is 23.3 Å².